The van der Waals surface area contributed by atoms with Gasteiger partial charge < -0.3 is 0 Å². The van der Waals surface area contributed by atoms with Crippen LogP contribution in [-0.2, 0) is 0 Å². The molecule has 2 nitrogen and oxygen atoms in total. The van der Waals surface area contributed by atoms with Crippen molar-refractivity contribution in [1.82, 2.24) is 9.97 Å². The van der Waals surface area contributed by atoms with E-state index in [0.29, 0.717) is 0 Å². The molecule has 0 saturated heterocycles. The first-order chi connectivity index (χ1) is 11.6. The predicted octanol–water partition coefficient (Wildman–Crippen LogP) is 5.77. The average molecular weight is 393 g/mol. The van der Waals surface area contributed by atoms with E-state index in [0.717, 1.165) is 11.0 Å². The Kier molecular flexibility index (Phi) is 5.67. The SMILES string of the molecule is C[P@@](c1nc2ccccc2nc1[PH](C)(C(C)(C)C)C(C)(C)C)C(C)(C)C. The quantitative estimate of drug-likeness (QED) is 0.607. The normalized spacial score (nSPS) is 16.0. The molecule has 26 heavy (non-hydrogen) atoms. The monoisotopic (exact) mass is 392 g/mol. The molecule has 0 saturated carbocycles. The molecule has 0 aliphatic heterocycles. The van der Waals surface area contributed by atoms with E-state index in [1.54, 1.807) is 0 Å². The third kappa shape index (κ3) is 3.70. The molecule has 4 heteroatoms. The fourth-order valence-corrected chi connectivity index (χ4v) is 10.7. The molecule has 0 aliphatic rings. The number of hydrogen-bond acceptors (Lipinski definition) is 2. The second-order valence-electron chi connectivity index (χ2n) is 10.7. The zero-order chi connectivity index (χ0) is 20.1. The first kappa shape index (κ1) is 21.7. The van der Waals surface area contributed by atoms with Crippen LogP contribution in [0.1, 0.15) is 62.3 Å². The molecular formula is C22H38N2P2. The molecule has 0 amide bonds. The van der Waals surface area contributed by atoms with Gasteiger partial charge in [0.15, 0.2) is 0 Å². The van der Waals surface area contributed by atoms with Crippen LogP contribution < -0.4 is 10.9 Å². The maximum absolute atomic E-state index is 5.33. The first-order valence-corrected chi connectivity index (χ1v) is 13.9. The summed E-state index contributed by atoms with van der Waals surface area (Å²) in [6, 6.07) is 8.37. The molecule has 0 radical (unpaired) electrons. The van der Waals surface area contributed by atoms with E-state index in [1.165, 1.54) is 10.9 Å². The van der Waals surface area contributed by atoms with E-state index in [2.05, 4.69) is 99.9 Å². The van der Waals surface area contributed by atoms with E-state index in [1.807, 2.05) is 0 Å². The van der Waals surface area contributed by atoms with Crippen LogP contribution in [0.4, 0.5) is 0 Å². The van der Waals surface area contributed by atoms with Crippen LogP contribution in [0.25, 0.3) is 11.0 Å². The van der Waals surface area contributed by atoms with Crippen LogP contribution >= 0.6 is 15.2 Å². The Morgan fingerprint density at radius 3 is 1.58 bits per heavy atom. The van der Waals surface area contributed by atoms with Gasteiger partial charge in [0.25, 0.3) is 0 Å². The van der Waals surface area contributed by atoms with Gasteiger partial charge in [0, 0.05) is 0 Å². The van der Waals surface area contributed by atoms with E-state index < -0.39 is 15.2 Å². The Hall–Kier alpha value is -0.580. The summed E-state index contributed by atoms with van der Waals surface area (Å²) in [7, 11) is -2.40. The third-order valence-electron chi connectivity index (χ3n) is 6.35. The Labute approximate surface area is 162 Å². The van der Waals surface area contributed by atoms with Crippen molar-refractivity contribution in [3.63, 3.8) is 0 Å². The molecule has 146 valence electrons. The summed E-state index contributed by atoms with van der Waals surface area (Å²) in [5.41, 5.74) is 4.68. The molecule has 0 fully saturated rings. The molecule has 1 atom stereocenters. The van der Waals surface area contributed by atoms with Gasteiger partial charge in [0.2, 0.25) is 0 Å². The molecular weight excluding hydrogens is 354 g/mol. The number of rotatable bonds is 2. The zero-order valence-corrected chi connectivity index (χ0v) is 20.5. The van der Waals surface area contributed by atoms with Crippen molar-refractivity contribution in [2.45, 2.75) is 77.8 Å². The van der Waals surface area contributed by atoms with E-state index >= 15 is 0 Å². The van der Waals surface area contributed by atoms with Crippen molar-refractivity contribution < 1.29 is 0 Å². The number of para-hydroxylation sites is 2. The minimum atomic E-state index is -1.99. The Balaban J connectivity index is 2.95. The minimum absolute atomic E-state index is 0.200. The van der Waals surface area contributed by atoms with Crippen LogP contribution in [0, 0.1) is 0 Å². The van der Waals surface area contributed by atoms with Crippen molar-refractivity contribution in [3.05, 3.63) is 24.3 Å². The van der Waals surface area contributed by atoms with E-state index in [9.17, 15) is 0 Å². The number of hydrogen-bond donors (Lipinski definition) is 0. The van der Waals surface area contributed by atoms with Gasteiger partial charge in [0.05, 0.1) is 0 Å². The van der Waals surface area contributed by atoms with Gasteiger partial charge in [-0.25, -0.2) is 0 Å². The fourth-order valence-electron chi connectivity index (χ4n) is 3.71. The molecule has 0 aliphatic carbocycles. The summed E-state index contributed by atoms with van der Waals surface area (Å²) >= 11 is 0. The van der Waals surface area contributed by atoms with Crippen LogP contribution in [-0.4, -0.2) is 38.8 Å². The van der Waals surface area contributed by atoms with Crippen molar-refractivity contribution >= 4 is 37.1 Å². The third-order valence-corrected chi connectivity index (χ3v) is 16.8. The van der Waals surface area contributed by atoms with Gasteiger partial charge in [-0.05, 0) is 0 Å². The molecule has 0 bridgehead atoms. The average Bonchev–Trinajstić information content (AvgIpc) is 2.49. The number of aromatic nitrogens is 2. The second kappa shape index (κ2) is 6.79. The maximum atomic E-state index is 5.33. The van der Waals surface area contributed by atoms with Crippen molar-refractivity contribution in [2.75, 3.05) is 13.3 Å². The number of nitrogens with zero attached hydrogens (tertiary/aromatic N) is 2. The Bertz CT molecular complexity index is 778. The predicted molar refractivity (Wildman–Crippen MR) is 125 cm³/mol. The van der Waals surface area contributed by atoms with Crippen molar-refractivity contribution in [3.8, 4) is 0 Å². The van der Waals surface area contributed by atoms with Crippen LogP contribution in [0.15, 0.2) is 24.3 Å². The molecule has 0 spiro atoms. The van der Waals surface area contributed by atoms with Gasteiger partial charge in [0.1, 0.15) is 0 Å². The summed E-state index contributed by atoms with van der Waals surface area (Å²) in [4.78, 5) is 10.6. The van der Waals surface area contributed by atoms with Crippen LogP contribution in [0.2, 0.25) is 0 Å². The molecule has 0 unspecified atom stereocenters. The fraction of sp³-hybridized carbons (Fsp3) is 0.636. The molecule has 1 aromatic heterocycles. The van der Waals surface area contributed by atoms with Gasteiger partial charge >= 0.3 is 162 Å². The summed E-state index contributed by atoms with van der Waals surface area (Å²) in [5.74, 6) is 0. The van der Waals surface area contributed by atoms with Crippen molar-refractivity contribution in [1.29, 1.82) is 0 Å². The number of fused-ring (bicyclic) bond motifs is 1. The molecule has 2 rings (SSSR count). The molecule has 0 N–H and O–H groups in total. The topological polar surface area (TPSA) is 25.8 Å². The standard InChI is InChI=1S/C22H38N2P2/c1-20(2,3)25(10)18-19(24-17-15-13-12-14-16(17)23-18)26(11,21(4,5)6)22(7,8)9/h12-15,26H,1-11H3/t25-/m0/s1. The van der Waals surface area contributed by atoms with Gasteiger partial charge in [-0.15, -0.1) is 0 Å². The van der Waals surface area contributed by atoms with Crippen molar-refractivity contribution in [2.24, 2.45) is 0 Å². The Morgan fingerprint density at radius 1 is 0.769 bits per heavy atom. The molecule has 1 heterocycles. The van der Waals surface area contributed by atoms with Crippen LogP contribution in [0.3, 0.4) is 0 Å². The second-order valence-corrected chi connectivity index (χ2v) is 19.3. The summed E-state index contributed by atoms with van der Waals surface area (Å²) in [6.45, 7) is 26.4. The number of benzene rings is 1. The summed E-state index contributed by atoms with van der Waals surface area (Å²) < 4.78 is 0. The Morgan fingerprint density at radius 2 is 1.19 bits per heavy atom. The van der Waals surface area contributed by atoms with Gasteiger partial charge in [-0.2, -0.15) is 0 Å². The summed E-state index contributed by atoms with van der Waals surface area (Å²) in [6.07, 6.45) is 0. The molecule has 2 aromatic rings. The van der Waals surface area contributed by atoms with Crippen LogP contribution in [0.5, 0.6) is 0 Å². The van der Waals surface area contributed by atoms with E-state index in [-0.39, 0.29) is 15.5 Å². The first-order valence-electron chi connectivity index (χ1n) is 9.62. The summed E-state index contributed by atoms with van der Waals surface area (Å²) in [5, 5.41) is 0.614. The van der Waals surface area contributed by atoms with Gasteiger partial charge in [-0.3, -0.25) is 0 Å². The van der Waals surface area contributed by atoms with E-state index in [4.69, 9.17) is 9.97 Å². The zero-order valence-electron chi connectivity index (χ0n) is 18.7. The molecule has 1 aromatic carbocycles. The van der Waals surface area contributed by atoms with Gasteiger partial charge in [-0.1, -0.05) is 0 Å².